The van der Waals surface area contributed by atoms with Gasteiger partial charge in [-0.15, -0.1) is 11.3 Å². The van der Waals surface area contributed by atoms with E-state index < -0.39 is 6.04 Å². The van der Waals surface area contributed by atoms with Crippen LogP contribution in [0.2, 0.25) is 0 Å². The van der Waals surface area contributed by atoms with Gasteiger partial charge in [0, 0.05) is 4.88 Å². The first-order chi connectivity index (χ1) is 8.20. The fourth-order valence-corrected chi connectivity index (χ4v) is 3.05. The number of hydrogen-bond acceptors (Lipinski definition) is 4. The molecule has 0 radical (unpaired) electrons. The van der Waals surface area contributed by atoms with Crippen LogP contribution in [0.15, 0.2) is 0 Å². The molecule has 0 spiro atoms. The molecular formula is C12H19N3OS. The molecule has 0 saturated heterocycles. The summed E-state index contributed by atoms with van der Waals surface area (Å²) in [5.74, 6) is -0.106. The van der Waals surface area contributed by atoms with E-state index in [0.29, 0.717) is 5.13 Å². The first-order valence-corrected chi connectivity index (χ1v) is 7.07. The summed E-state index contributed by atoms with van der Waals surface area (Å²) in [7, 11) is 0. The lowest BCUT2D eigenvalue weighted by atomic mass is 10.1. The number of aromatic nitrogens is 1. The highest BCUT2D eigenvalue weighted by Gasteiger charge is 2.19. The van der Waals surface area contributed by atoms with Crippen molar-refractivity contribution in [3.63, 3.8) is 0 Å². The van der Waals surface area contributed by atoms with Crippen LogP contribution in [0, 0.1) is 0 Å². The zero-order valence-corrected chi connectivity index (χ0v) is 11.0. The maximum Gasteiger partial charge on any atom is 0.243 e. The number of carbonyl (C=O) groups is 1. The quantitative estimate of drug-likeness (QED) is 0.844. The minimum atomic E-state index is -0.409. The lowest BCUT2D eigenvalue weighted by Gasteiger charge is -2.09. The van der Waals surface area contributed by atoms with Gasteiger partial charge < -0.3 is 11.1 Å². The summed E-state index contributed by atoms with van der Waals surface area (Å²) < 4.78 is 0. The van der Waals surface area contributed by atoms with E-state index in [2.05, 4.69) is 17.2 Å². The molecule has 1 unspecified atom stereocenters. The molecule has 5 heteroatoms. The van der Waals surface area contributed by atoms with E-state index in [-0.39, 0.29) is 5.91 Å². The number of fused-ring (bicyclic) bond motifs is 1. The smallest absolute Gasteiger partial charge is 0.243 e. The molecule has 1 amide bonds. The third-order valence-corrected chi connectivity index (χ3v) is 4.10. The summed E-state index contributed by atoms with van der Waals surface area (Å²) in [5, 5.41) is 3.54. The van der Waals surface area contributed by atoms with Gasteiger partial charge in [-0.25, -0.2) is 4.98 Å². The number of carbonyl (C=O) groups excluding carboxylic acids is 1. The second-order valence-electron chi connectivity index (χ2n) is 4.48. The Morgan fingerprint density at radius 2 is 2.41 bits per heavy atom. The molecule has 0 bridgehead atoms. The fourth-order valence-electron chi connectivity index (χ4n) is 2.00. The van der Waals surface area contributed by atoms with Crippen molar-refractivity contribution in [3.8, 4) is 0 Å². The van der Waals surface area contributed by atoms with Crippen molar-refractivity contribution in [3.05, 3.63) is 10.6 Å². The summed E-state index contributed by atoms with van der Waals surface area (Å²) in [4.78, 5) is 17.5. The SMILES string of the molecule is CCCCC(N)C(=O)Nc1nc2c(s1)CCC2. The molecule has 3 N–H and O–H groups in total. The van der Waals surface area contributed by atoms with Crippen LogP contribution in [-0.2, 0) is 17.6 Å². The van der Waals surface area contributed by atoms with Crippen molar-refractivity contribution in [1.82, 2.24) is 4.98 Å². The van der Waals surface area contributed by atoms with Gasteiger partial charge in [0.1, 0.15) is 0 Å². The maximum absolute atomic E-state index is 11.8. The predicted molar refractivity (Wildman–Crippen MR) is 70.3 cm³/mol. The number of nitrogens with zero attached hydrogens (tertiary/aromatic N) is 1. The van der Waals surface area contributed by atoms with Gasteiger partial charge in [0.05, 0.1) is 11.7 Å². The monoisotopic (exact) mass is 253 g/mol. The van der Waals surface area contributed by atoms with Crippen molar-refractivity contribution in [2.45, 2.75) is 51.5 Å². The molecule has 0 saturated carbocycles. The summed E-state index contributed by atoms with van der Waals surface area (Å²) in [6.45, 7) is 2.09. The highest BCUT2D eigenvalue weighted by atomic mass is 32.1. The molecule has 1 aromatic heterocycles. The Morgan fingerprint density at radius 3 is 3.12 bits per heavy atom. The molecular weight excluding hydrogens is 234 g/mol. The molecule has 2 rings (SSSR count). The minimum Gasteiger partial charge on any atom is -0.320 e. The standard InChI is InChI=1S/C12H19N3OS/c1-2-3-5-8(13)11(16)15-12-14-9-6-4-7-10(9)17-12/h8H,2-7,13H2,1H3,(H,14,15,16). The van der Waals surface area contributed by atoms with E-state index in [0.717, 1.165) is 37.8 Å². The average Bonchev–Trinajstić information content (AvgIpc) is 2.86. The van der Waals surface area contributed by atoms with Gasteiger partial charge >= 0.3 is 0 Å². The maximum atomic E-state index is 11.8. The number of nitrogens with two attached hydrogens (primary N) is 1. The van der Waals surface area contributed by atoms with Crippen molar-refractivity contribution >= 4 is 22.4 Å². The van der Waals surface area contributed by atoms with Gasteiger partial charge in [0.15, 0.2) is 5.13 Å². The molecule has 1 aliphatic rings. The molecule has 0 aromatic carbocycles. The van der Waals surface area contributed by atoms with Gasteiger partial charge in [-0.1, -0.05) is 19.8 Å². The van der Waals surface area contributed by atoms with Crippen LogP contribution in [0.4, 0.5) is 5.13 Å². The Balaban J connectivity index is 1.89. The van der Waals surface area contributed by atoms with Crippen LogP contribution in [0.3, 0.4) is 0 Å². The summed E-state index contributed by atoms with van der Waals surface area (Å²) in [6.07, 6.45) is 6.13. The van der Waals surface area contributed by atoms with Crippen LogP contribution in [0.5, 0.6) is 0 Å². The Labute approximate surface area is 106 Å². The molecule has 17 heavy (non-hydrogen) atoms. The average molecular weight is 253 g/mol. The van der Waals surface area contributed by atoms with Crippen LogP contribution >= 0.6 is 11.3 Å². The molecule has 4 nitrogen and oxygen atoms in total. The van der Waals surface area contributed by atoms with Crippen LogP contribution in [0.1, 0.15) is 43.2 Å². The Kier molecular flexibility index (Phi) is 4.12. The normalized spacial score (nSPS) is 15.6. The van der Waals surface area contributed by atoms with Crippen LogP contribution in [0.25, 0.3) is 0 Å². The third kappa shape index (κ3) is 3.04. The molecule has 1 atom stereocenters. The van der Waals surface area contributed by atoms with E-state index >= 15 is 0 Å². The fraction of sp³-hybridized carbons (Fsp3) is 0.667. The van der Waals surface area contributed by atoms with Gasteiger partial charge in [-0.05, 0) is 25.7 Å². The number of unbranched alkanes of at least 4 members (excludes halogenated alkanes) is 1. The van der Waals surface area contributed by atoms with E-state index in [9.17, 15) is 4.79 Å². The van der Waals surface area contributed by atoms with Gasteiger partial charge in [0.25, 0.3) is 0 Å². The van der Waals surface area contributed by atoms with E-state index in [1.807, 2.05) is 0 Å². The lowest BCUT2D eigenvalue weighted by Crippen LogP contribution is -2.35. The summed E-state index contributed by atoms with van der Waals surface area (Å²) in [5.41, 5.74) is 6.97. The zero-order valence-electron chi connectivity index (χ0n) is 10.2. The molecule has 94 valence electrons. The number of thiazole rings is 1. The predicted octanol–water partition coefficient (Wildman–Crippen LogP) is 2.09. The molecule has 1 heterocycles. The lowest BCUT2D eigenvalue weighted by molar-refractivity contribution is -0.117. The first kappa shape index (κ1) is 12.5. The first-order valence-electron chi connectivity index (χ1n) is 6.25. The number of amides is 1. The second-order valence-corrected chi connectivity index (χ2v) is 5.56. The third-order valence-electron chi connectivity index (χ3n) is 3.03. The summed E-state index contributed by atoms with van der Waals surface area (Å²) >= 11 is 1.59. The summed E-state index contributed by atoms with van der Waals surface area (Å²) in [6, 6.07) is -0.409. The van der Waals surface area contributed by atoms with Crippen molar-refractivity contribution < 1.29 is 4.79 Å². The molecule has 0 fully saturated rings. The molecule has 1 aliphatic carbocycles. The number of rotatable bonds is 5. The number of hydrogen-bond donors (Lipinski definition) is 2. The number of aryl methyl sites for hydroxylation is 2. The highest BCUT2D eigenvalue weighted by Crippen LogP contribution is 2.30. The van der Waals surface area contributed by atoms with Gasteiger partial charge in [0.2, 0.25) is 5.91 Å². The Bertz CT molecular complexity index is 381. The largest absolute Gasteiger partial charge is 0.320 e. The van der Waals surface area contributed by atoms with E-state index in [4.69, 9.17) is 5.73 Å². The van der Waals surface area contributed by atoms with Crippen LogP contribution in [-0.4, -0.2) is 16.9 Å². The second kappa shape index (κ2) is 5.60. The van der Waals surface area contributed by atoms with Gasteiger partial charge in [-0.3, -0.25) is 4.79 Å². The van der Waals surface area contributed by atoms with Gasteiger partial charge in [-0.2, -0.15) is 0 Å². The van der Waals surface area contributed by atoms with Crippen molar-refractivity contribution in [2.24, 2.45) is 5.73 Å². The molecule has 0 aliphatic heterocycles. The van der Waals surface area contributed by atoms with Crippen molar-refractivity contribution in [2.75, 3.05) is 5.32 Å². The highest BCUT2D eigenvalue weighted by molar-refractivity contribution is 7.15. The number of anilines is 1. The topological polar surface area (TPSA) is 68.0 Å². The van der Waals surface area contributed by atoms with E-state index in [1.165, 1.54) is 11.3 Å². The molecule has 1 aromatic rings. The van der Waals surface area contributed by atoms with E-state index in [1.54, 1.807) is 11.3 Å². The zero-order chi connectivity index (χ0) is 12.3. The number of nitrogens with one attached hydrogen (secondary N) is 1. The van der Waals surface area contributed by atoms with Crippen LogP contribution < -0.4 is 11.1 Å². The Morgan fingerprint density at radius 1 is 1.59 bits per heavy atom. The van der Waals surface area contributed by atoms with Crippen molar-refractivity contribution in [1.29, 1.82) is 0 Å². The Hall–Kier alpha value is -0.940. The minimum absolute atomic E-state index is 0.106.